The zero-order valence-corrected chi connectivity index (χ0v) is 13.2. The van der Waals surface area contributed by atoms with Crippen molar-refractivity contribution >= 4 is 0 Å². The summed E-state index contributed by atoms with van der Waals surface area (Å²) in [5, 5.41) is 0. The van der Waals surface area contributed by atoms with Gasteiger partial charge in [-0.2, -0.15) is 43.9 Å². The van der Waals surface area contributed by atoms with E-state index in [-0.39, 0.29) is 12.8 Å². The van der Waals surface area contributed by atoms with Crippen molar-refractivity contribution < 1.29 is 48.6 Å². The third kappa shape index (κ3) is 5.89. The molecule has 0 N–H and O–H groups in total. The van der Waals surface area contributed by atoms with Crippen LogP contribution in [0, 0.1) is 0 Å². The first-order chi connectivity index (χ1) is 11.3. The van der Waals surface area contributed by atoms with Gasteiger partial charge in [0.2, 0.25) is 11.7 Å². The van der Waals surface area contributed by atoms with Crippen molar-refractivity contribution in [2.24, 2.45) is 0 Å². The van der Waals surface area contributed by atoms with Gasteiger partial charge in [0.1, 0.15) is 12.2 Å². The summed E-state index contributed by atoms with van der Waals surface area (Å²) in [4.78, 5) is 0. The molecule has 0 bridgehead atoms. The van der Waals surface area contributed by atoms with Crippen LogP contribution in [0.25, 0.3) is 0 Å². The highest BCUT2D eigenvalue weighted by Gasteiger charge is 2.53. The quantitative estimate of drug-likeness (QED) is 0.374. The van der Waals surface area contributed by atoms with Gasteiger partial charge >= 0.3 is 24.0 Å². The van der Waals surface area contributed by atoms with Crippen LogP contribution in [-0.2, 0) is 4.74 Å². The smallest absolute Gasteiger partial charge is 0.329 e. The molecule has 0 aliphatic rings. The third-order valence-corrected chi connectivity index (χ3v) is 3.16. The average Bonchev–Trinajstić information content (AvgIpc) is 2.51. The molecule has 0 radical (unpaired) electrons. The highest BCUT2D eigenvalue weighted by Crippen LogP contribution is 2.41. The minimum Gasteiger partial charge on any atom is -0.361 e. The van der Waals surface area contributed by atoms with Crippen LogP contribution in [0.3, 0.4) is 0 Å². The lowest BCUT2D eigenvalue weighted by Gasteiger charge is -2.32. The third-order valence-electron chi connectivity index (χ3n) is 3.16. The maximum absolute atomic E-state index is 13.7. The molecule has 2 atom stereocenters. The van der Waals surface area contributed by atoms with Gasteiger partial charge in [-0.3, -0.25) is 0 Å². The Labute approximate surface area is 137 Å². The van der Waals surface area contributed by atoms with Gasteiger partial charge in [-0.05, 0) is 12.8 Å². The molecule has 25 heavy (non-hydrogen) atoms. The van der Waals surface area contributed by atoms with Gasteiger partial charge in [0.05, 0.1) is 0 Å². The molecule has 0 spiro atoms. The standard InChI is InChI=1S/C14H16F10O/c1-3-5-7(13(21,22)9(15)11(17)18)25-8(6-4-2)14(23,24)10(16)12(19)20/h7-8H,3-6H2,1-2H3. The minimum atomic E-state index is -4.99. The second-order valence-electron chi connectivity index (χ2n) is 5.09. The molecule has 1 nitrogen and oxygen atoms in total. The summed E-state index contributed by atoms with van der Waals surface area (Å²) < 4.78 is 134. The highest BCUT2D eigenvalue weighted by atomic mass is 19.3. The molecule has 0 amide bonds. The Morgan fingerprint density at radius 3 is 1.16 bits per heavy atom. The van der Waals surface area contributed by atoms with Crippen molar-refractivity contribution in [2.45, 2.75) is 63.6 Å². The second-order valence-corrected chi connectivity index (χ2v) is 5.09. The normalized spacial score (nSPS) is 14.9. The van der Waals surface area contributed by atoms with E-state index >= 15 is 0 Å². The number of halogens is 10. The van der Waals surface area contributed by atoms with Crippen LogP contribution in [0.4, 0.5) is 43.9 Å². The van der Waals surface area contributed by atoms with E-state index in [9.17, 15) is 43.9 Å². The van der Waals surface area contributed by atoms with E-state index in [2.05, 4.69) is 4.74 Å². The summed E-state index contributed by atoms with van der Waals surface area (Å²) in [5.74, 6) is -16.4. The largest absolute Gasteiger partial charge is 0.361 e. The van der Waals surface area contributed by atoms with Crippen LogP contribution in [0.15, 0.2) is 23.8 Å². The first-order valence-electron chi connectivity index (χ1n) is 7.17. The van der Waals surface area contributed by atoms with Gasteiger partial charge in [0.15, 0.2) is 0 Å². The van der Waals surface area contributed by atoms with Crippen molar-refractivity contribution in [1.82, 2.24) is 0 Å². The van der Waals surface area contributed by atoms with Crippen molar-refractivity contribution in [1.29, 1.82) is 0 Å². The fourth-order valence-corrected chi connectivity index (χ4v) is 1.93. The molecule has 2 unspecified atom stereocenters. The van der Waals surface area contributed by atoms with E-state index in [1.165, 1.54) is 13.8 Å². The maximum Gasteiger partial charge on any atom is 0.329 e. The van der Waals surface area contributed by atoms with E-state index in [1.54, 1.807) is 0 Å². The zero-order valence-electron chi connectivity index (χ0n) is 13.2. The molecule has 0 aliphatic carbocycles. The van der Waals surface area contributed by atoms with Crippen LogP contribution in [0.1, 0.15) is 39.5 Å². The molecule has 0 aromatic heterocycles. The van der Waals surface area contributed by atoms with Crippen molar-refractivity contribution in [3.63, 3.8) is 0 Å². The Balaban J connectivity index is 5.84. The first-order valence-corrected chi connectivity index (χ1v) is 7.17. The van der Waals surface area contributed by atoms with Gasteiger partial charge in [-0.25, -0.2) is 0 Å². The monoisotopic (exact) mass is 390 g/mol. The molecule has 0 saturated carbocycles. The number of rotatable bonds is 10. The Morgan fingerprint density at radius 1 is 0.680 bits per heavy atom. The molecule has 0 heterocycles. The topological polar surface area (TPSA) is 9.23 Å². The number of ether oxygens (including phenoxy) is 1. The maximum atomic E-state index is 13.7. The van der Waals surface area contributed by atoms with Crippen LogP contribution in [-0.4, -0.2) is 24.1 Å². The minimum absolute atomic E-state index is 0.221. The van der Waals surface area contributed by atoms with Crippen LogP contribution >= 0.6 is 0 Å². The van der Waals surface area contributed by atoms with Crippen molar-refractivity contribution in [3.8, 4) is 0 Å². The molecule has 148 valence electrons. The molecule has 0 aromatic rings. The summed E-state index contributed by atoms with van der Waals surface area (Å²) in [7, 11) is 0. The lowest BCUT2D eigenvalue weighted by atomic mass is 10.0. The van der Waals surface area contributed by atoms with E-state index in [0.717, 1.165) is 0 Å². The van der Waals surface area contributed by atoms with Crippen LogP contribution in [0.2, 0.25) is 0 Å². The lowest BCUT2D eigenvalue weighted by Crippen LogP contribution is -2.45. The predicted octanol–water partition coefficient (Wildman–Crippen LogP) is 6.77. The van der Waals surface area contributed by atoms with E-state index in [0.29, 0.717) is 0 Å². The Bertz CT molecular complexity index is 448. The number of alkyl halides is 4. The highest BCUT2D eigenvalue weighted by molar-refractivity contribution is 5.11. The number of hydrogen-bond acceptors (Lipinski definition) is 1. The first kappa shape index (κ1) is 23.7. The van der Waals surface area contributed by atoms with E-state index in [4.69, 9.17) is 0 Å². The fourth-order valence-electron chi connectivity index (χ4n) is 1.93. The lowest BCUT2D eigenvalue weighted by molar-refractivity contribution is -0.206. The Hall–Kier alpha value is -1.26. The molecule has 0 saturated heterocycles. The van der Waals surface area contributed by atoms with Crippen molar-refractivity contribution in [2.75, 3.05) is 0 Å². The van der Waals surface area contributed by atoms with Gasteiger partial charge in [-0.1, -0.05) is 26.7 Å². The van der Waals surface area contributed by atoms with Gasteiger partial charge < -0.3 is 4.74 Å². The molecule has 0 aromatic carbocycles. The summed E-state index contributed by atoms with van der Waals surface area (Å²) in [6.45, 7) is 2.49. The van der Waals surface area contributed by atoms with Gasteiger partial charge in [-0.15, -0.1) is 0 Å². The molecular formula is C14H16F10O. The fraction of sp³-hybridized carbons (Fsp3) is 0.714. The molecular weight excluding hydrogens is 374 g/mol. The zero-order chi connectivity index (χ0) is 20.0. The average molecular weight is 390 g/mol. The number of hydrogen-bond donors (Lipinski definition) is 0. The summed E-state index contributed by atoms with van der Waals surface area (Å²) >= 11 is 0. The van der Waals surface area contributed by atoms with Crippen molar-refractivity contribution in [3.05, 3.63) is 23.8 Å². The molecule has 0 rings (SSSR count). The molecule has 0 aliphatic heterocycles. The predicted molar refractivity (Wildman–Crippen MR) is 69.1 cm³/mol. The van der Waals surface area contributed by atoms with Gasteiger partial charge in [0.25, 0.3) is 0 Å². The molecule has 0 fully saturated rings. The van der Waals surface area contributed by atoms with Crippen LogP contribution in [0.5, 0.6) is 0 Å². The molecule has 11 heteroatoms. The Morgan fingerprint density at radius 2 is 0.960 bits per heavy atom. The summed E-state index contributed by atoms with van der Waals surface area (Å²) in [5.41, 5.74) is 0. The summed E-state index contributed by atoms with van der Waals surface area (Å²) in [6, 6.07) is 0. The van der Waals surface area contributed by atoms with Gasteiger partial charge in [0, 0.05) is 0 Å². The van der Waals surface area contributed by atoms with E-state index < -0.39 is 60.7 Å². The second kappa shape index (κ2) is 9.44. The van der Waals surface area contributed by atoms with E-state index in [1.807, 2.05) is 0 Å². The Kier molecular flexibility index (Phi) is 8.97. The summed E-state index contributed by atoms with van der Waals surface area (Å²) in [6.07, 6.45) is -14.6. The SMILES string of the molecule is CCCC(OC(CCC)C(F)(F)C(F)=C(F)F)C(F)(F)C(F)=C(F)F. The van der Waals surface area contributed by atoms with Crippen LogP contribution < -0.4 is 0 Å².